The summed E-state index contributed by atoms with van der Waals surface area (Å²) in [5, 5.41) is 2.79. The first kappa shape index (κ1) is 14.0. The highest BCUT2D eigenvalue weighted by atomic mass is 19.1. The van der Waals surface area contributed by atoms with Gasteiger partial charge in [-0.1, -0.05) is 0 Å². The lowest BCUT2D eigenvalue weighted by molar-refractivity contribution is -0.121. The lowest BCUT2D eigenvalue weighted by atomic mass is 9.95. The Morgan fingerprint density at radius 1 is 1.19 bits per heavy atom. The van der Waals surface area contributed by atoms with Gasteiger partial charge in [0.15, 0.2) is 0 Å². The topological polar surface area (TPSA) is 49.4 Å². The van der Waals surface area contributed by atoms with Crippen molar-refractivity contribution in [2.75, 3.05) is 11.9 Å². The number of anilines is 1. The van der Waals surface area contributed by atoms with Gasteiger partial charge in [-0.05, 0) is 49.9 Å². The zero-order chi connectivity index (χ0) is 14.8. The third-order valence-electron chi connectivity index (χ3n) is 4.47. The van der Waals surface area contributed by atoms with Crippen molar-refractivity contribution in [3.05, 3.63) is 30.1 Å². The molecule has 2 aliphatic rings. The standard InChI is InChI=1S/C16H19FN2O2/c17-11-6-8-12(9-7-11)18-16(21)19-10-2-4-14(19)13-3-1-5-15(13)20/h6-9,13-14H,1-5,10H2,(H,18,21). The van der Waals surface area contributed by atoms with Gasteiger partial charge in [0.25, 0.3) is 0 Å². The third kappa shape index (κ3) is 2.91. The molecule has 1 aromatic rings. The fourth-order valence-electron chi connectivity index (χ4n) is 3.44. The van der Waals surface area contributed by atoms with Crippen LogP contribution in [0.3, 0.4) is 0 Å². The second-order valence-corrected chi connectivity index (χ2v) is 5.81. The molecular formula is C16H19FN2O2. The second-order valence-electron chi connectivity index (χ2n) is 5.81. The lowest BCUT2D eigenvalue weighted by Gasteiger charge is -2.28. The molecule has 5 heteroatoms. The molecule has 0 spiro atoms. The molecule has 112 valence electrons. The van der Waals surface area contributed by atoms with E-state index in [4.69, 9.17) is 0 Å². The van der Waals surface area contributed by atoms with Gasteiger partial charge in [0.2, 0.25) is 0 Å². The number of hydrogen-bond acceptors (Lipinski definition) is 2. The number of likely N-dealkylation sites (tertiary alicyclic amines) is 1. The van der Waals surface area contributed by atoms with Gasteiger partial charge in [-0.25, -0.2) is 9.18 Å². The molecule has 1 saturated heterocycles. The van der Waals surface area contributed by atoms with E-state index in [0.29, 0.717) is 24.4 Å². The van der Waals surface area contributed by atoms with Gasteiger partial charge in [-0.2, -0.15) is 0 Å². The van der Waals surface area contributed by atoms with Crippen LogP contribution in [0.15, 0.2) is 24.3 Å². The molecule has 0 radical (unpaired) electrons. The number of amides is 2. The van der Waals surface area contributed by atoms with E-state index in [1.165, 1.54) is 12.1 Å². The van der Waals surface area contributed by atoms with Crippen molar-refractivity contribution in [3.63, 3.8) is 0 Å². The van der Waals surface area contributed by atoms with Gasteiger partial charge in [-0.15, -0.1) is 0 Å². The Kier molecular flexibility index (Phi) is 3.90. The molecule has 1 N–H and O–H groups in total. The van der Waals surface area contributed by atoms with Crippen molar-refractivity contribution in [1.29, 1.82) is 0 Å². The molecule has 1 aliphatic heterocycles. The molecule has 2 amide bonds. The van der Waals surface area contributed by atoms with Crippen molar-refractivity contribution < 1.29 is 14.0 Å². The van der Waals surface area contributed by atoms with Crippen molar-refractivity contribution in [2.24, 2.45) is 5.92 Å². The summed E-state index contributed by atoms with van der Waals surface area (Å²) in [7, 11) is 0. The smallest absolute Gasteiger partial charge is 0.321 e. The first-order valence-electron chi connectivity index (χ1n) is 7.51. The largest absolute Gasteiger partial charge is 0.322 e. The molecule has 1 heterocycles. The van der Waals surface area contributed by atoms with E-state index >= 15 is 0 Å². The molecule has 21 heavy (non-hydrogen) atoms. The van der Waals surface area contributed by atoms with Crippen LogP contribution in [-0.2, 0) is 4.79 Å². The molecule has 1 saturated carbocycles. The number of ketones is 1. The molecule has 1 aliphatic carbocycles. The maximum atomic E-state index is 12.9. The number of urea groups is 1. The summed E-state index contributed by atoms with van der Waals surface area (Å²) in [5.74, 6) is -0.0310. The van der Waals surface area contributed by atoms with Gasteiger partial charge < -0.3 is 10.2 Å². The minimum Gasteiger partial charge on any atom is -0.321 e. The number of Topliss-reactive ketones (excluding diaryl/α,β-unsaturated/α-hetero) is 1. The highest BCUT2D eigenvalue weighted by Crippen LogP contribution is 2.33. The van der Waals surface area contributed by atoms with E-state index in [1.54, 1.807) is 17.0 Å². The molecule has 1 aromatic carbocycles. The number of nitrogens with zero attached hydrogens (tertiary/aromatic N) is 1. The number of carbonyl (C=O) groups excluding carboxylic acids is 2. The van der Waals surface area contributed by atoms with Crippen molar-refractivity contribution >= 4 is 17.5 Å². The maximum Gasteiger partial charge on any atom is 0.322 e. The van der Waals surface area contributed by atoms with E-state index in [-0.39, 0.29) is 23.8 Å². The van der Waals surface area contributed by atoms with Crippen LogP contribution in [0.4, 0.5) is 14.9 Å². The number of rotatable bonds is 2. The minimum atomic E-state index is -0.330. The first-order chi connectivity index (χ1) is 10.1. The Hall–Kier alpha value is -1.91. The number of halogens is 1. The van der Waals surface area contributed by atoms with Crippen LogP contribution in [0.1, 0.15) is 32.1 Å². The van der Waals surface area contributed by atoms with E-state index in [9.17, 15) is 14.0 Å². The second kappa shape index (κ2) is 5.84. The fraction of sp³-hybridized carbons (Fsp3) is 0.500. The van der Waals surface area contributed by atoms with Crippen LogP contribution < -0.4 is 5.32 Å². The molecule has 0 bridgehead atoms. The monoisotopic (exact) mass is 290 g/mol. The predicted octanol–water partition coefficient (Wildman–Crippen LogP) is 3.19. The Bertz CT molecular complexity index is 544. The highest BCUT2D eigenvalue weighted by Gasteiger charge is 2.40. The Labute approximate surface area is 123 Å². The zero-order valence-corrected chi connectivity index (χ0v) is 11.8. The van der Waals surface area contributed by atoms with Crippen molar-refractivity contribution in [3.8, 4) is 0 Å². The average Bonchev–Trinajstić information content (AvgIpc) is 3.09. The van der Waals surface area contributed by atoms with Crippen LogP contribution >= 0.6 is 0 Å². The molecule has 2 fully saturated rings. The number of hydrogen-bond donors (Lipinski definition) is 1. The summed E-state index contributed by atoms with van der Waals surface area (Å²) < 4.78 is 12.9. The molecule has 2 atom stereocenters. The molecule has 0 aromatic heterocycles. The Morgan fingerprint density at radius 3 is 2.62 bits per heavy atom. The summed E-state index contributed by atoms with van der Waals surface area (Å²) in [6.45, 7) is 0.682. The lowest BCUT2D eigenvalue weighted by Crippen LogP contribution is -2.43. The highest BCUT2D eigenvalue weighted by molar-refractivity contribution is 5.91. The normalized spacial score (nSPS) is 25.4. The quantitative estimate of drug-likeness (QED) is 0.909. The van der Waals surface area contributed by atoms with Crippen LogP contribution in [0.2, 0.25) is 0 Å². The van der Waals surface area contributed by atoms with Gasteiger partial charge in [0.1, 0.15) is 11.6 Å². The summed E-state index contributed by atoms with van der Waals surface area (Å²) in [5.41, 5.74) is 0.574. The van der Waals surface area contributed by atoms with Gasteiger partial charge in [0.05, 0.1) is 0 Å². The molecule has 3 rings (SSSR count). The fourth-order valence-corrected chi connectivity index (χ4v) is 3.44. The predicted molar refractivity (Wildman–Crippen MR) is 77.5 cm³/mol. The summed E-state index contributed by atoms with van der Waals surface area (Å²) in [6.07, 6.45) is 4.31. The number of benzene rings is 1. The van der Waals surface area contributed by atoms with E-state index in [2.05, 4.69) is 5.32 Å². The zero-order valence-electron chi connectivity index (χ0n) is 11.8. The molecule has 2 unspecified atom stereocenters. The minimum absolute atomic E-state index is 0.00599. The van der Waals surface area contributed by atoms with E-state index in [1.807, 2.05) is 0 Å². The van der Waals surface area contributed by atoms with Crippen molar-refractivity contribution in [1.82, 2.24) is 4.90 Å². The van der Waals surface area contributed by atoms with Gasteiger partial charge in [-0.3, -0.25) is 4.79 Å². The third-order valence-corrected chi connectivity index (χ3v) is 4.47. The average molecular weight is 290 g/mol. The molecule has 4 nitrogen and oxygen atoms in total. The van der Waals surface area contributed by atoms with Gasteiger partial charge in [0, 0.05) is 30.6 Å². The Morgan fingerprint density at radius 2 is 1.95 bits per heavy atom. The SMILES string of the molecule is O=C1CCCC1C1CCCN1C(=O)Nc1ccc(F)cc1. The maximum absolute atomic E-state index is 12.9. The van der Waals surface area contributed by atoms with Crippen LogP contribution in [0.25, 0.3) is 0 Å². The number of nitrogens with one attached hydrogen (secondary N) is 1. The van der Waals surface area contributed by atoms with Crippen LogP contribution in [-0.4, -0.2) is 29.3 Å². The summed E-state index contributed by atoms with van der Waals surface area (Å²) in [6, 6.07) is 5.55. The van der Waals surface area contributed by atoms with Crippen LogP contribution in [0.5, 0.6) is 0 Å². The molecular weight excluding hydrogens is 271 g/mol. The summed E-state index contributed by atoms with van der Waals surface area (Å²) in [4.78, 5) is 26.1. The van der Waals surface area contributed by atoms with Crippen molar-refractivity contribution in [2.45, 2.75) is 38.1 Å². The Balaban J connectivity index is 1.68. The van der Waals surface area contributed by atoms with Gasteiger partial charge >= 0.3 is 6.03 Å². The summed E-state index contributed by atoms with van der Waals surface area (Å²) >= 11 is 0. The van der Waals surface area contributed by atoms with E-state index < -0.39 is 0 Å². The van der Waals surface area contributed by atoms with E-state index in [0.717, 1.165) is 25.7 Å². The number of carbonyl (C=O) groups is 2. The first-order valence-corrected chi connectivity index (χ1v) is 7.51. The van der Waals surface area contributed by atoms with Crippen LogP contribution in [0, 0.1) is 11.7 Å².